The Balaban J connectivity index is 1.99. The molecule has 0 N–H and O–H groups in total. The molecule has 118 valence electrons. The average Bonchev–Trinajstić information content (AvgIpc) is 3.08. The standard InChI is InChI=1S/C18H23NO3/c1-3-7-14-12-15-10-11-18(14,17(21)22-2)19(15)16(20)13-8-5-4-6-9-13/h4-6,8-9,14-15H,3,7,10-12H2,1-2H3/t14-,15-,18+/m1/s1. The van der Waals surface area contributed by atoms with Crippen LogP contribution in [0.25, 0.3) is 0 Å². The summed E-state index contributed by atoms with van der Waals surface area (Å²) in [6, 6.07) is 9.42. The number of benzene rings is 1. The van der Waals surface area contributed by atoms with Crippen LogP contribution in [0.15, 0.2) is 30.3 Å². The lowest BCUT2D eigenvalue weighted by atomic mass is 9.75. The van der Waals surface area contributed by atoms with Gasteiger partial charge in [0.2, 0.25) is 0 Å². The molecule has 4 heteroatoms. The molecule has 0 spiro atoms. The summed E-state index contributed by atoms with van der Waals surface area (Å²) >= 11 is 0. The van der Waals surface area contributed by atoms with E-state index in [9.17, 15) is 9.59 Å². The molecule has 2 saturated heterocycles. The van der Waals surface area contributed by atoms with Crippen molar-refractivity contribution in [2.75, 3.05) is 7.11 Å². The van der Waals surface area contributed by atoms with Gasteiger partial charge in [0.25, 0.3) is 5.91 Å². The van der Waals surface area contributed by atoms with Gasteiger partial charge in [-0.25, -0.2) is 4.79 Å². The summed E-state index contributed by atoms with van der Waals surface area (Å²) in [6.07, 6.45) is 4.52. The molecule has 0 saturated carbocycles. The van der Waals surface area contributed by atoms with E-state index in [0.29, 0.717) is 5.56 Å². The van der Waals surface area contributed by atoms with E-state index in [4.69, 9.17) is 4.74 Å². The summed E-state index contributed by atoms with van der Waals surface area (Å²) in [5, 5.41) is 0. The van der Waals surface area contributed by atoms with Crippen LogP contribution in [-0.2, 0) is 9.53 Å². The highest BCUT2D eigenvalue weighted by Crippen LogP contribution is 2.53. The summed E-state index contributed by atoms with van der Waals surface area (Å²) < 4.78 is 5.12. The van der Waals surface area contributed by atoms with Gasteiger partial charge < -0.3 is 9.64 Å². The highest BCUT2D eigenvalue weighted by molar-refractivity contribution is 5.99. The fourth-order valence-electron chi connectivity index (χ4n) is 4.43. The zero-order valence-corrected chi connectivity index (χ0v) is 13.2. The van der Waals surface area contributed by atoms with Crippen LogP contribution in [0.2, 0.25) is 0 Å². The number of fused-ring (bicyclic) bond motifs is 2. The van der Waals surface area contributed by atoms with Gasteiger partial charge in [0, 0.05) is 11.6 Å². The number of esters is 1. The molecular weight excluding hydrogens is 278 g/mol. The number of hydrogen-bond donors (Lipinski definition) is 0. The summed E-state index contributed by atoms with van der Waals surface area (Å²) in [6.45, 7) is 2.13. The second kappa shape index (κ2) is 5.75. The Kier molecular flexibility index (Phi) is 3.94. The molecule has 0 unspecified atom stereocenters. The molecule has 2 fully saturated rings. The molecule has 0 radical (unpaired) electrons. The molecule has 2 aliphatic heterocycles. The van der Waals surface area contributed by atoms with Crippen molar-refractivity contribution < 1.29 is 14.3 Å². The van der Waals surface area contributed by atoms with Crippen LogP contribution < -0.4 is 0 Å². The summed E-state index contributed by atoms with van der Waals surface area (Å²) in [5.74, 6) is -0.0568. The van der Waals surface area contributed by atoms with Gasteiger partial charge in [-0.3, -0.25) is 4.79 Å². The molecule has 22 heavy (non-hydrogen) atoms. The van der Waals surface area contributed by atoms with Crippen LogP contribution in [0.3, 0.4) is 0 Å². The van der Waals surface area contributed by atoms with E-state index < -0.39 is 5.54 Å². The van der Waals surface area contributed by atoms with E-state index in [1.807, 2.05) is 35.2 Å². The molecule has 1 amide bonds. The number of carbonyl (C=O) groups excluding carboxylic acids is 2. The van der Waals surface area contributed by atoms with Crippen molar-refractivity contribution >= 4 is 11.9 Å². The van der Waals surface area contributed by atoms with Gasteiger partial charge in [0.1, 0.15) is 5.54 Å². The van der Waals surface area contributed by atoms with E-state index in [0.717, 1.165) is 32.1 Å². The first-order valence-electron chi connectivity index (χ1n) is 8.12. The van der Waals surface area contributed by atoms with Crippen LogP contribution >= 0.6 is 0 Å². The molecule has 3 atom stereocenters. The number of methoxy groups -OCH3 is 1. The summed E-state index contributed by atoms with van der Waals surface area (Å²) in [4.78, 5) is 27.5. The summed E-state index contributed by atoms with van der Waals surface area (Å²) in [5.41, 5.74) is -0.0951. The summed E-state index contributed by atoms with van der Waals surface area (Å²) in [7, 11) is 1.43. The third-order valence-electron chi connectivity index (χ3n) is 5.30. The number of amides is 1. The molecule has 1 aromatic carbocycles. The fourth-order valence-corrected chi connectivity index (χ4v) is 4.43. The van der Waals surface area contributed by atoms with Crippen LogP contribution in [0.1, 0.15) is 49.4 Å². The molecular formula is C18H23NO3. The van der Waals surface area contributed by atoms with Crippen molar-refractivity contribution in [3.63, 3.8) is 0 Å². The highest BCUT2D eigenvalue weighted by atomic mass is 16.5. The van der Waals surface area contributed by atoms with Crippen molar-refractivity contribution in [3.8, 4) is 0 Å². The first kappa shape index (κ1) is 15.1. The van der Waals surface area contributed by atoms with E-state index >= 15 is 0 Å². The van der Waals surface area contributed by atoms with Gasteiger partial charge in [-0.15, -0.1) is 0 Å². The third-order valence-corrected chi connectivity index (χ3v) is 5.30. The monoisotopic (exact) mass is 301 g/mol. The lowest BCUT2D eigenvalue weighted by Crippen LogP contribution is -2.54. The predicted octanol–water partition coefficient (Wildman–Crippen LogP) is 3.02. The van der Waals surface area contributed by atoms with E-state index in [2.05, 4.69) is 6.92 Å². The molecule has 3 rings (SSSR count). The van der Waals surface area contributed by atoms with Crippen LogP contribution in [-0.4, -0.2) is 35.5 Å². The maximum atomic E-state index is 13.0. The minimum absolute atomic E-state index is 0.0351. The third kappa shape index (κ3) is 2.04. The Labute approximate surface area is 131 Å². The van der Waals surface area contributed by atoms with Crippen molar-refractivity contribution in [2.45, 2.75) is 50.6 Å². The zero-order chi connectivity index (χ0) is 15.7. The minimum Gasteiger partial charge on any atom is -0.467 e. The smallest absolute Gasteiger partial charge is 0.332 e. The second-order valence-electron chi connectivity index (χ2n) is 6.37. The molecule has 2 bridgehead atoms. The van der Waals surface area contributed by atoms with Gasteiger partial charge in [0.15, 0.2) is 0 Å². The Hall–Kier alpha value is -1.84. The number of carbonyl (C=O) groups is 2. The maximum absolute atomic E-state index is 13.0. The van der Waals surface area contributed by atoms with Crippen LogP contribution in [0, 0.1) is 5.92 Å². The molecule has 2 heterocycles. The average molecular weight is 301 g/mol. The topological polar surface area (TPSA) is 46.6 Å². The number of hydrogen-bond acceptors (Lipinski definition) is 3. The SMILES string of the molecule is CCC[C@@H]1C[C@H]2CC[C@]1(C(=O)OC)N2C(=O)c1ccccc1. The highest BCUT2D eigenvalue weighted by Gasteiger charge is 2.64. The van der Waals surface area contributed by atoms with E-state index in [-0.39, 0.29) is 23.8 Å². The molecule has 1 aromatic rings. The molecule has 4 nitrogen and oxygen atoms in total. The van der Waals surface area contributed by atoms with Gasteiger partial charge in [0.05, 0.1) is 7.11 Å². The first-order valence-corrected chi connectivity index (χ1v) is 8.12. The Morgan fingerprint density at radius 2 is 2.05 bits per heavy atom. The maximum Gasteiger partial charge on any atom is 0.332 e. The van der Waals surface area contributed by atoms with Crippen molar-refractivity contribution in [1.82, 2.24) is 4.90 Å². The molecule has 0 aliphatic carbocycles. The second-order valence-corrected chi connectivity index (χ2v) is 6.37. The van der Waals surface area contributed by atoms with Crippen molar-refractivity contribution in [2.24, 2.45) is 5.92 Å². The molecule has 2 aliphatic rings. The van der Waals surface area contributed by atoms with Crippen LogP contribution in [0.4, 0.5) is 0 Å². The fraction of sp³-hybridized carbons (Fsp3) is 0.556. The molecule has 0 aromatic heterocycles. The predicted molar refractivity (Wildman–Crippen MR) is 83.4 cm³/mol. The Bertz CT molecular complexity index is 571. The first-order chi connectivity index (χ1) is 10.6. The Morgan fingerprint density at radius 1 is 1.32 bits per heavy atom. The van der Waals surface area contributed by atoms with Gasteiger partial charge in [-0.2, -0.15) is 0 Å². The van der Waals surface area contributed by atoms with E-state index in [1.165, 1.54) is 7.11 Å². The quantitative estimate of drug-likeness (QED) is 0.803. The van der Waals surface area contributed by atoms with Crippen molar-refractivity contribution in [3.05, 3.63) is 35.9 Å². The lowest BCUT2D eigenvalue weighted by molar-refractivity contribution is -0.153. The van der Waals surface area contributed by atoms with Crippen LogP contribution in [0.5, 0.6) is 0 Å². The number of ether oxygens (including phenoxy) is 1. The largest absolute Gasteiger partial charge is 0.467 e. The minimum atomic E-state index is -0.748. The van der Waals surface area contributed by atoms with E-state index in [1.54, 1.807) is 0 Å². The zero-order valence-electron chi connectivity index (χ0n) is 13.2. The van der Waals surface area contributed by atoms with Gasteiger partial charge >= 0.3 is 5.97 Å². The van der Waals surface area contributed by atoms with Gasteiger partial charge in [-0.05, 0) is 43.7 Å². The van der Waals surface area contributed by atoms with Gasteiger partial charge in [-0.1, -0.05) is 31.5 Å². The normalized spacial score (nSPS) is 29.6. The number of rotatable bonds is 4. The van der Waals surface area contributed by atoms with Crippen molar-refractivity contribution in [1.29, 1.82) is 0 Å². The Morgan fingerprint density at radius 3 is 2.68 bits per heavy atom. The number of nitrogens with zero attached hydrogens (tertiary/aromatic N) is 1. The lowest BCUT2D eigenvalue weighted by Gasteiger charge is -2.36.